The number of aromatic nitrogens is 2. The van der Waals surface area contributed by atoms with Gasteiger partial charge in [0.2, 0.25) is 0 Å². The number of nitrogens with zero attached hydrogens (tertiary/aromatic N) is 1. The number of aromatic amines is 1. The van der Waals surface area contributed by atoms with Crippen LogP contribution in [-0.2, 0) is 11.3 Å². The summed E-state index contributed by atoms with van der Waals surface area (Å²) in [5.41, 5.74) is 2.63. The highest BCUT2D eigenvalue weighted by Gasteiger charge is 2.15. The molecule has 144 valence electrons. The van der Waals surface area contributed by atoms with Gasteiger partial charge in [0.15, 0.2) is 0 Å². The molecule has 1 heterocycles. The maximum absolute atomic E-state index is 12.4. The summed E-state index contributed by atoms with van der Waals surface area (Å²) in [5.74, 6) is -0.441. The van der Waals surface area contributed by atoms with Crippen LogP contribution in [0, 0.1) is 0 Å². The third-order valence-corrected chi connectivity index (χ3v) is 4.42. The van der Waals surface area contributed by atoms with Gasteiger partial charge >= 0.3 is 5.97 Å². The van der Waals surface area contributed by atoms with Gasteiger partial charge in [0.25, 0.3) is 5.91 Å². The van der Waals surface area contributed by atoms with Gasteiger partial charge in [0.05, 0.1) is 24.9 Å². The molecule has 7 nitrogen and oxygen atoms in total. The van der Waals surface area contributed by atoms with Gasteiger partial charge in [-0.3, -0.25) is 9.89 Å². The van der Waals surface area contributed by atoms with Crippen molar-refractivity contribution in [3.8, 4) is 17.0 Å². The van der Waals surface area contributed by atoms with Crippen LogP contribution in [0.1, 0.15) is 26.4 Å². The molecule has 0 aliphatic rings. The van der Waals surface area contributed by atoms with E-state index in [-0.39, 0.29) is 12.5 Å². The highest BCUT2D eigenvalue weighted by molar-refractivity contribution is 6.33. The number of esters is 1. The Bertz CT molecular complexity index is 1020. The Morgan fingerprint density at radius 1 is 1.14 bits per heavy atom. The fourth-order valence-electron chi connectivity index (χ4n) is 2.66. The second-order valence-corrected chi connectivity index (χ2v) is 6.26. The fraction of sp³-hybridized carbons (Fsp3) is 0.150. The number of rotatable bonds is 6. The van der Waals surface area contributed by atoms with Crippen molar-refractivity contribution >= 4 is 23.5 Å². The molecule has 2 N–H and O–H groups in total. The zero-order valence-corrected chi connectivity index (χ0v) is 16.0. The monoisotopic (exact) mass is 399 g/mol. The molecule has 0 saturated carbocycles. The topological polar surface area (TPSA) is 93.3 Å². The van der Waals surface area contributed by atoms with E-state index in [1.807, 2.05) is 18.2 Å². The molecule has 0 saturated heterocycles. The van der Waals surface area contributed by atoms with E-state index >= 15 is 0 Å². The van der Waals surface area contributed by atoms with Crippen molar-refractivity contribution in [2.45, 2.75) is 6.54 Å². The molecule has 0 aliphatic heterocycles. The molecule has 2 aromatic carbocycles. The van der Waals surface area contributed by atoms with Gasteiger partial charge in [-0.2, -0.15) is 5.10 Å². The summed E-state index contributed by atoms with van der Waals surface area (Å²) in [6, 6.07) is 13.9. The van der Waals surface area contributed by atoms with Crippen LogP contribution < -0.4 is 10.1 Å². The van der Waals surface area contributed by atoms with E-state index in [1.165, 1.54) is 14.2 Å². The number of nitrogens with one attached hydrogen (secondary N) is 2. The third kappa shape index (κ3) is 4.15. The Labute approximate surface area is 166 Å². The van der Waals surface area contributed by atoms with Crippen LogP contribution in [0.5, 0.6) is 5.75 Å². The minimum Gasteiger partial charge on any atom is -0.496 e. The molecule has 0 fully saturated rings. The van der Waals surface area contributed by atoms with Crippen molar-refractivity contribution in [2.75, 3.05) is 14.2 Å². The maximum Gasteiger partial charge on any atom is 0.341 e. The molecular weight excluding hydrogens is 382 g/mol. The van der Waals surface area contributed by atoms with Gasteiger partial charge in [-0.25, -0.2) is 4.79 Å². The number of hydrogen-bond acceptors (Lipinski definition) is 5. The predicted octanol–water partition coefficient (Wildman–Crippen LogP) is 3.46. The number of carbonyl (C=O) groups is 2. The second kappa shape index (κ2) is 8.58. The number of benzene rings is 2. The molecule has 0 radical (unpaired) electrons. The molecule has 0 spiro atoms. The average Bonchev–Trinajstić information content (AvgIpc) is 3.21. The van der Waals surface area contributed by atoms with E-state index in [9.17, 15) is 9.59 Å². The van der Waals surface area contributed by atoms with Crippen molar-refractivity contribution in [1.82, 2.24) is 15.5 Å². The number of methoxy groups -OCH3 is 2. The standard InChI is InChI=1S/C20H18ClN3O4/c1-27-18-8-7-12(9-14(18)20(26)28-2)11-22-19(25)17-10-16(23-24-17)13-5-3-4-6-15(13)21/h3-10H,11H2,1-2H3,(H,22,25)(H,23,24). The normalized spacial score (nSPS) is 10.4. The SMILES string of the molecule is COC(=O)c1cc(CNC(=O)c2cc(-c3ccccc3Cl)n[nH]2)ccc1OC. The molecule has 0 bridgehead atoms. The molecule has 1 aromatic heterocycles. The molecular formula is C20H18ClN3O4. The van der Waals surface area contributed by atoms with Crippen molar-refractivity contribution in [3.63, 3.8) is 0 Å². The summed E-state index contributed by atoms with van der Waals surface area (Å²) in [6.45, 7) is 0.216. The van der Waals surface area contributed by atoms with Gasteiger partial charge in [-0.15, -0.1) is 0 Å². The van der Waals surface area contributed by atoms with Crippen LogP contribution in [0.25, 0.3) is 11.3 Å². The first-order valence-corrected chi connectivity index (χ1v) is 8.75. The molecule has 8 heteroatoms. The van der Waals surface area contributed by atoms with Gasteiger partial charge in [-0.05, 0) is 29.8 Å². The quantitative estimate of drug-likeness (QED) is 0.619. The van der Waals surface area contributed by atoms with Gasteiger partial charge in [0.1, 0.15) is 17.0 Å². The largest absolute Gasteiger partial charge is 0.496 e. The van der Waals surface area contributed by atoms with E-state index < -0.39 is 5.97 Å². The number of hydrogen-bond donors (Lipinski definition) is 2. The lowest BCUT2D eigenvalue weighted by Gasteiger charge is -2.10. The Kier molecular flexibility index (Phi) is 5.96. The number of carbonyl (C=O) groups excluding carboxylic acids is 2. The molecule has 3 aromatic rings. The molecule has 3 rings (SSSR count). The Hall–Kier alpha value is -3.32. The lowest BCUT2D eigenvalue weighted by Crippen LogP contribution is -2.23. The molecule has 1 amide bonds. The minimum absolute atomic E-state index is 0.216. The minimum atomic E-state index is -0.511. The first kappa shape index (κ1) is 19.4. The van der Waals surface area contributed by atoms with E-state index in [4.69, 9.17) is 21.1 Å². The highest BCUT2D eigenvalue weighted by atomic mass is 35.5. The summed E-state index contributed by atoms with van der Waals surface area (Å²) in [4.78, 5) is 24.3. The van der Waals surface area contributed by atoms with E-state index in [2.05, 4.69) is 15.5 Å². The summed E-state index contributed by atoms with van der Waals surface area (Å²) < 4.78 is 9.91. The summed E-state index contributed by atoms with van der Waals surface area (Å²) in [6.07, 6.45) is 0. The predicted molar refractivity (Wildman–Crippen MR) is 105 cm³/mol. The van der Waals surface area contributed by atoms with Crippen LogP contribution in [0.3, 0.4) is 0 Å². The van der Waals surface area contributed by atoms with Crippen molar-refractivity contribution < 1.29 is 19.1 Å². The summed E-state index contributed by atoms with van der Waals surface area (Å²) >= 11 is 6.16. The first-order chi connectivity index (χ1) is 13.5. The molecule has 0 aliphatic carbocycles. The number of halogens is 1. The second-order valence-electron chi connectivity index (χ2n) is 5.86. The van der Waals surface area contributed by atoms with Crippen LogP contribution >= 0.6 is 11.6 Å². The van der Waals surface area contributed by atoms with Gasteiger partial charge in [0, 0.05) is 12.1 Å². The van der Waals surface area contributed by atoms with Crippen LogP contribution in [-0.4, -0.2) is 36.3 Å². The van der Waals surface area contributed by atoms with E-state index in [0.29, 0.717) is 27.7 Å². The van der Waals surface area contributed by atoms with Crippen LogP contribution in [0.15, 0.2) is 48.5 Å². The lowest BCUT2D eigenvalue weighted by atomic mass is 10.1. The van der Waals surface area contributed by atoms with Crippen LogP contribution in [0.4, 0.5) is 0 Å². The zero-order valence-electron chi connectivity index (χ0n) is 15.3. The number of ether oxygens (including phenoxy) is 2. The summed E-state index contributed by atoms with van der Waals surface area (Å²) in [5, 5.41) is 10.2. The van der Waals surface area contributed by atoms with Gasteiger partial charge in [-0.1, -0.05) is 35.9 Å². The lowest BCUT2D eigenvalue weighted by molar-refractivity contribution is 0.0597. The molecule has 28 heavy (non-hydrogen) atoms. The third-order valence-electron chi connectivity index (χ3n) is 4.09. The number of amides is 1. The van der Waals surface area contributed by atoms with E-state index in [1.54, 1.807) is 30.3 Å². The van der Waals surface area contributed by atoms with Gasteiger partial charge < -0.3 is 14.8 Å². The zero-order chi connectivity index (χ0) is 20.1. The summed E-state index contributed by atoms with van der Waals surface area (Å²) in [7, 11) is 2.77. The van der Waals surface area contributed by atoms with E-state index in [0.717, 1.165) is 11.1 Å². The van der Waals surface area contributed by atoms with Crippen molar-refractivity contribution in [3.05, 3.63) is 70.4 Å². The Morgan fingerprint density at radius 3 is 2.64 bits per heavy atom. The average molecular weight is 400 g/mol. The first-order valence-electron chi connectivity index (χ1n) is 8.37. The van der Waals surface area contributed by atoms with Crippen molar-refractivity contribution in [2.24, 2.45) is 0 Å². The molecule has 0 unspecified atom stereocenters. The fourth-order valence-corrected chi connectivity index (χ4v) is 2.89. The maximum atomic E-state index is 12.4. The van der Waals surface area contributed by atoms with Crippen molar-refractivity contribution in [1.29, 1.82) is 0 Å². The highest BCUT2D eigenvalue weighted by Crippen LogP contribution is 2.26. The smallest absolute Gasteiger partial charge is 0.341 e. The van der Waals surface area contributed by atoms with Crippen LogP contribution in [0.2, 0.25) is 5.02 Å². The molecule has 0 atom stereocenters. The Balaban J connectivity index is 1.71. The Morgan fingerprint density at radius 2 is 1.93 bits per heavy atom. The number of H-pyrrole nitrogens is 1.